The molecule has 2 atom stereocenters. The number of hydrogen-bond donors (Lipinski definition) is 0. The lowest BCUT2D eigenvalue weighted by Crippen LogP contribution is -2.45. The smallest absolute Gasteiger partial charge is 0.128 e. The molecule has 0 fully saturated rings. The molecule has 0 aromatic carbocycles. The summed E-state index contributed by atoms with van der Waals surface area (Å²) in [6, 6.07) is 0. The van der Waals surface area contributed by atoms with Crippen LogP contribution in [0.3, 0.4) is 0 Å². The van der Waals surface area contributed by atoms with E-state index in [0.29, 0.717) is 0 Å². The van der Waals surface area contributed by atoms with Crippen molar-refractivity contribution in [2.75, 3.05) is 0 Å². The molecule has 0 saturated heterocycles. The van der Waals surface area contributed by atoms with Crippen LogP contribution in [0.2, 0.25) is 0 Å². The van der Waals surface area contributed by atoms with Gasteiger partial charge in [-0.15, -0.1) is 0 Å². The normalized spacial score (nSPS) is 16.9. The Morgan fingerprint density at radius 2 is 1.60 bits per heavy atom. The first-order valence-electron chi connectivity index (χ1n) is 5.50. The van der Waals surface area contributed by atoms with E-state index in [0.717, 1.165) is 6.29 Å². The first-order chi connectivity index (χ1) is 6.72. The number of hydrogen-bond acceptors (Lipinski definition) is 3. The number of carbonyl (C=O) groups excluding carboxylic acids is 1. The van der Waals surface area contributed by atoms with Gasteiger partial charge in [0.25, 0.3) is 0 Å². The maximum atomic E-state index is 11.6. The Hall–Kier alpha value is -0.410. The van der Waals surface area contributed by atoms with Gasteiger partial charge in [0.2, 0.25) is 0 Å². The van der Waals surface area contributed by atoms with E-state index in [1.54, 1.807) is 13.8 Å². The molecule has 3 heteroatoms. The molecule has 3 nitrogen and oxygen atoms in total. The van der Waals surface area contributed by atoms with E-state index in [1.807, 2.05) is 27.7 Å². The molecule has 90 valence electrons. The SMILES string of the molecule is CC(C)C([O-])OC(C(C)C)C(C)(C)C=O. The van der Waals surface area contributed by atoms with Gasteiger partial charge in [-0.05, 0) is 18.1 Å². The summed E-state index contributed by atoms with van der Waals surface area (Å²) in [6.45, 7) is 11.2. The molecule has 0 saturated carbocycles. The summed E-state index contributed by atoms with van der Waals surface area (Å²) in [6.07, 6.45) is -0.512. The van der Waals surface area contributed by atoms with Crippen molar-refractivity contribution in [3.05, 3.63) is 0 Å². The summed E-state index contributed by atoms with van der Waals surface area (Å²) in [5, 5.41) is 11.6. The Kier molecular flexibility index (Phi) is 5.46. The van der Waals surface area contributed by atoms with Crippen molar-refractivity contribution >= 4 is 6.29 Å². The average Bonchev–Trinajstić information content (AvgIpc) is 2.12. The molecule has 0 radical (unpaired) electrons. The monoisotopic (exact) mass is 215 g/mol. The maximum Gasteiger partial charge on any atom is 0.128 e. The summed E-state index contributed by atoms with van der Waals surface area (Å²) in [4.78, 5) is 10.9. The predicted octanol–water partition coefficient (Wildman–Crippen LogP) is 1.60. The lowest BCUT2D eigenvalue weighted by molar-refractivity contribution is -0.512. The molecule has 2 unspecified atom stereocenters. The summed E-state index contributed by atoms with van der Waals surface area (Å²) < 4.78 is 5.44. The van der Waals surface area contributed by atoms with Gasteiger partial charge >= 0.3 is 0 Å². The number of ether oxygens (including phenoxy) is 1. The highest BCUT2D eigenvalue weighted by atomic mass is 16.6. The Balaban J connectivity index is 4.62. The van der Waals surface area contributed by atoms with Gasteiger partial charge in [-0.1, -0.05) is 41.5 Å². The van der Waals surface area contributed by atoms with Gasteiger partial charge in [-0.2, -0.15) is 0 Å². The van der Waals surface area contributed by atoms with Gasteiger partial charge in [0, 0.05) is 5.41 Å². The minimum absolute atomic E-state index is 0.0753. The van der Waals surface area contributed by atoms with Crippen molar-refractivity contribution < 1.29 is 14.6 Å². The van der Waals surface area contributed by atoms with Crippen molar-refractivity contribution in [3.8, 4) is 0 Å². The first kappa shape index (κ1) is 14.6. The topological polar surface area (TPSA) is 49.4 Å². The maximum absolute atomic E-state index is 11.6. The summed E-state index contributed by atoms with van der Waals surface area (Å²) in [7, 11) is 0. The Morgan fingerprint density at radius 1 is 1.13 bits per heavy atom. The third-order valence-electron chi connectivity index (χ3n) is 2.47. The zero-order valence-corrected chi connectivity index (χ0v) is 10.6. The number of aldehydes is 1. The van der Waals surface area contributed by atoms with Crippen LogP contribution >= 0.6 is 0 Å². The van der Waals surface area contributed by atoms with Crippen molar-refractivity contribution in [2.45, 2.75) is 53.9 Å². The van der Waals surface area contributed by atoms with Gasteiger partial charge in [-0.3, -0.25) is 0 Å². The van der Waals surface area contributed by atoms with Gasteiger partial charge < -0.3 is 14.6 Å². The molecule has 0 rings (SSSR count). The first-order valence-corrected chi connectivity index (χ1v) is 5.50. The predicted molar refractivity (Wildman–Crippen MR) is 58.2 cm³/mol. The molecule has 0 aliphatic carbocycles. The van der Waals surface area contributed by atoms with Gasteiger partial charge in [0.15, 0.2) is 0 Å². The fourth-order valence-corrected chi connectivity index (χ4v) is 1.56. The van der Waals surface area contributed by atoms with Crippen molar-refractivity contribution in [3.63, 3.8) is 0 Å². The molecule has 0 spiro atoms. The highest BCUT2D eigenvalue weighted by Crippen LogP contribution is 2.28. The number of rotatable bonds is 6. The van der Waals surface area contributed by atoms with Crippen LogP contribution in [-0.2, 0) is 9.53 Å². The van der Waals surface area contributed by atoms with Gasteiger partial charge in [0.1, 0.15) is 6.29 Å². The highest BCUT2D eigenvalue weighted by Gasteiger charge is 2.33. The van der Waals surface area contributed by atoms with E-state index in [4.69, 9.17) is 4.74 Å². The van der Waals surface area contributed by atoms with E-state index in [1.165, 1.54) is 0 Å². The van der Waals surface area contributed by atoms with Gasteiger partial charge in [0.05, 0.1) is 6.10 Å². The van der Waals surface area contributed by atoms with E-state index in [2.05, 4.69) is 0 Å². The Bertz CT molecular complexity index is 197. The highest BCUT2D eigenvalue weighted by molar-refractivity contribution is 5.59. The van der Waals surface area contributed by atoms with Gasteiger partial charge in [-0.25, -0.2) is 0 Å². The van der Waals surface area contributed by atoms with Crippen LogP contribution in [0.15, 0.2) is 0 Å². The average molecular weight is 215 g/mol. The molecule has 0 aliphatic heterocycles. The van der Waals surface area contributed by atoms with Crippen LogP contribution in [0.1, 0.15) is 41.5 Å². The molecule has 0 amide bonds. The second-order valence-corrected chi connectivity index (χ2v) is 5.35. The summed E-state index contributed by atoms with van der Waals surface area (Å²) in [5.41, 5.74) is -0.605. The Morgan fingerprint density at radius 3 is 1.87 bits per heavy atom. The Labute approximate surface area is 92.8 Å². The summed E-state index contributed by atoms with van der Waals surface area (Å²) >= 11 is 0. The molecule has 0 heterocycles. The van der Waals surface area contributed by atoms with E-state index >= 15 is 0 Å². The standard InChI is InChI=1S/C12H23O3/c1-8(2)10(12(5,6)7-13)15-11(14)9(3)4/h7-11H,1-6H3/q-1. The largest absolute Gasteiger partial charge is 0.831 e. The van der Waals surface area contributed by atoms with Crippen LogP contribution in [0, 0.1) is 17.3 Å². The fourth-order valence-electron chi connectivity index (χ4n) is 1.56. The van der Waals surface area contributed by atoms with Crippen molar-refractivity contribution in [1.29, 1.82) is 0 Å². The van der Waals surface area contributed by atoms with Crippen LogP contribution < -0.4 is 5.11 Å². The zero-order valence-electron chi connectivity index (χ0n) is 10.6. The molecule has 15 heavy (non-hydrogen) atoms. The molecule has 0 aromatic heterocycles. The molecule has 0 aliphatic rings. The lowest BCUT2D eigenvalue weighted by atomic mass is 9.82. The third-order valence-corrected chi connectivity index (χ3v) is 2.47. The second-order valence-electron chi connectivity index (χ2n) is 5.35. The third kappa shape index (κ3) is 4.31. The van der Waals surface area contributed by atoms with Crippen LogP contribution in [0.5, 0.6) is 0 Å². The molecular formula is C12H23O3-. The lowest BCUT2D eigenvalue weighted by Gasteiger charge is -2.39. The second kappa shape index (κ2) is 5.61. The molecule has 0 aromatic rings. The van der Waals surface area contributed by atoms with Crippen molar-refractivity contribution in [1.82, 2.24) is 0 Å². The van der Waals surface area contributed by atoms with E-state index in [9.17, 15) is 9.90 Å². The van der Waals surface area contributed by atoms with Crippen molar-refractivity contribution in [2.24, 2.45) is 17.3 Å². The van der Waals surface area contributed by atoms with Crippen LogP contribution in [0.4, 0.5) is 0 Å². The molecule has 0 bridgehead atoms. The minimum Gasteiger partial charge on any atom is -0.831 e. The fraction of sp³-hybridized carbons (Fsp3) is 0.917. The number of carbonyl (C=O) groups is 1. The van der Waals surface area contributed by atoms with E-state index in [-0.39, 0.29) is 17.9 Å². The van der Waals surface area contributed by atoms with Crippen LogP contribution in [0.25, 0.3) is 0 Å². The van der Waals surface area contributed by atoms with Crippen LogP contribution in [-0.4, -0.2) is 18.7 Å². The zero-order chi connectivity index (χ0) is 12.2. The minimum atomic E-state index is -1.06. The quantitative estimate of drug-likeness (QED) is 0.499. The van der Waals surface area contributed by atoms with E-state index < -0.39 is 11.7 Å². The molecule has 0 N–H and O–H groups in total. The summed E-state index contributed by atoms with van der Waals surface area (Å²) in [5.74, 6) is 0.0779. The molecular weight excluding hydrogens is 192 g/mol.